The van der Waals surface area contributed by atoms with Crippen molar-refractivity contribution in [2.75, 3.05) is 55.2 Å². The summed E-state index contributed by atoms with van der Waals surface area (Å²) >= 11 is 13.4. The number of hydrogen-bond donors (Lipinski definition) is 1. The number of fused-ring (bicyclic) bond motifs is 2. The topological polar surface area (TPSA) is 73.0 Å². The van der Waals surface area contributed by atoms with Crippen molar-refractivity contribution < 1.29 is 13.2 Å². The Labute approximate surface area is 223 Å². The number of sulfonamides is 1. The average molecular weight is 552 g/mol. The van der Waals surface area contributed by atoms with E-state index < -0.39 is 10.0 Å². The summed E-state index contributed by atoms with van der Waals surface area (Å²) < 4.78 is 25.6. The molecule has 2 aromatic rings. The lowest BCUT2D eigenvalue weighted by Gasteiger charge is -2.41. The van der Waals surface area contributed by atoms with Crippen molar-refractivity contribution in [2.45, 2.75) is 38.0 Å². The van der Waals surface area contributed by atoms with E-state index in [1.54, 1.807) is 24.0 Å². The maximum atomic E-state index is 12.8. The van der Waals surface area contributed by atoms with Gasteiger partial charge in [-0.3, -0.25) is 0 Å². The lowest BCUT2D eigenvalue weighted by atomic mass is 9.74. The van der Waals surface area contributed by atoms with E-state index in [-0.39, 0.29) is 17.2 Å². The Morgan fingerprint density at radius 3 is 2.25 bits per heavy atom. The second-order valence-electron chi connectivity index (χ2n) is 9.93. The molecule has 0 unspecified atom stereocenters. The summed E-state index contributed by atoms with van der Waals surface area (Å²) in [6.45, 7) is 4.65. The summed E-state index contributed by atoms with van der Waals surface area (Å²) in [6.07, 6.45) is 4.48. The minimum Gasteiger partial charge on any atom is -0.369 e. The molecule has 3 aliphatic rings. The lowest BCUT2D eigenvalue weighted by molar-refractivity contribution is 0.184. The molecule has 1 aliphatic carbocycles. The molecule has 0 saturated carbocycles. The fraction of sp³-hybridized carbons (Fsp3) is 0.500. The smallest absolute Gasteiger partial charge is 0.321 e. The highest BCUT2D eigenvalue weighted by atomic mass is 35.5. The molecule has 2 fully saturated rings. The summed E-state index contributed by atoms with van der Waals surface area (Å²) in [4.78, 5) is 16.7. The number of carbonyl (C=O) groups is 1. The number of piperazine rings is 1. The van der Waals surface area contributed by atoms with Crippen LogP contribution in [0.5, 0.6) is 0 Å². The first-order valence-electron chi connectivity index (χ1n) is 12.6. The third kappa shape index (κ3) is 4.80. The molecule has 1 N–H and O–H groups in total. The minimum atomic E-state index is -3.24. The highest BCUT2D eigenvalue weighted by molar-refractivity contribution is 7.89. The molecular weight excluding hydrogens is 519 g/mol. The number of benzene rings is 2. The van der Waals surface area contributed by atoms with Crippen molar-refractivity contribution in [2.24, 2.45) is 0 Å². The molecule has 10 heteroatoms. The molecule has 0 atom stereocenters. The van der Waals surface area contributed by atoms with Crippen LogP contribution in [0.1, 0.15) is 37.3 Å². The zero-order valence-electron chi connectivity index (χ0n) is 20.5. The number of amides is 2. The molecule has 1 spiro atoms. The molecule has 0 radical (unpaired) electrons. The summed E-state index contributed by atoms with van der Waals surface area (Å²) in [5.41, 5.74) is 4.58. The monoisotopic (exact) mass is 550 g/mol. The Bertz CT molecular complexity index is 1230. The molecule has 2 saturated heterocycles. The Balaban J connectivity index is 1.22. The van der Waals surface area contributed by atoms with Gasteiger partial charge in [0.05, 0.1) is 21.5 Å². The summed E-state index contributed by atoms with van der Waals surface area (Å²) in [5.74, 6) is 0.0633. The first-order valence-corrected chi connectivity index (χ1v) is 14.9. The van der Waals surface area contributed by atoms with Crippen LogP contribution in [-0.2, 0) is 21.9 Å². The molecule has 194 valence electrons. The fourth-order valence-electron chi connectivity index (χ4n) is 5.94. The van der Waals surface area contributed by atoms with Gasteiger partial charge in [-0.15, -0.1) is 0 Å². The van der Waals surface area contributed by atoms with Crippen molar-refractivity contribution in [3.05, 3.63) is 57.6 Å². The summed E-state index contributed by atoms with van der Waals surface area (Å²) in [7, 11) is -3.24. The van der Waals surface area contributed by atoms with E-state index in [1.165, 1.54) is 21.9 Å². The number of hydrogen-bond acceptors (Lipinski definition) is 4. The van der Waals surface area contributed by atoms with Gasteiger partial charge in [-0.25, -0.2) is 13.2 Å². The van der Waals surface area contributed by atoms with Crippen LogP contribution in [0, 0.1) is 0 Å². The van der Waals surface area contributed by atoms with E-state index in [0.29, 0.717) is 41.9 Å². The molecule has 2 heterocycles. The Kier molecular flexibility index (Phi) is 7.15. The van der Waals surface area contributed by atoms with Gasteiger partial charge in [0.15, 0.2) is 0 Å². The summed E-state index contributed by atoms with van der Waals surface area (Å²) in [5, 5.41) is 3.90. The van der Waals surface area contributed by atoms with Crippen LogP contribution >= 0.6 is 23.2 Å². The molecule has 5 rings (SSSR count). The van der Waals surface area contributed by atoms with Crippen LogP contribution in [0.3, 0.4) is 0 Å². The van der Waals surface area contributed by atoms with Crippen molar-refractivity contribution in [1.29, 1.82) is 0 Å². The minimum absolute atomic E-state index is 0.0633. The van der Waals surface area contributed by atoms with E-state index >= 15 is 0 Å². The van der Waals surface area contributed by atoms with Gasteiger partial charge in [0.2, 0.25) is 10.0 Å². The van der Waals surface area contributed by atoms with Gasteiger partial charge < -0.3 is 15.1 Å². The Morgan fingerprint density at radius 2 is 1.61 bits per heavy atom. The zero-order valence-corrected chi connectivity index (χ0v) is 22.8. The molecule has 0 bridgehead atoms. The van der Waals surface area contributed by atoms with Crippen LogP contribution in [0.15, 0.2) is 36.4 Å². The van der Waals surface area contributed by atoms with Crippen molar-refractivity contribution in [3.8, 4) is 0 Å². The number of carbonyl (C=O) groups excluding carboxylic acids is 1. The van der Waals surface area contributed by atoms with Crippen LogP contribution in [0.2, 0.25) is 10.0 Å². The van der Waals surface area contributed by atoms with Crippen molar-refractivity contribution in [3.63, 3.8) is 0 Å². The number of aryl methyl sites for hydroxylation is 1. The lowest BCUT2D eigenvalue weighted by Crippen LogP contribution is -2.51. The maximum Gasteiger partial charge on any atom is 0.321 e. The van der Waals surface area contributed by atoms with Crippen molar-refractivity contribution in [1.82, 2.24) is 9.21 Å². The molecule has 2 aliphatic heterocycles. The number of urea groups is 1. The fourth-order valence-corrected chi connectivity index (χ4v) is 7.75. The van der Waals surface area contributed by atoms with Gasteiger partial charge in [0.1, 0.15) is 0 Å². The number of piperidine rings is 1. The highest BCUT2D eigenvalue weighted by Gasteiger charge is 2.41. The standard InChI is InChI=1S/C26H32Cl2N4O3S/c1-2-36(34,35)32-15-13-31(14-16-32)25(33)29-20-17-22(27)24(23(28)18-20)30-11-9-26(10-12-30)8-7-19-5-3-4-6-21(19)26/h3-6,17-18H,2,7-16H2,1H3,(H,29,33). The second-order valence-corrected chi connectivity index (χ2v) is 13.0. The predicted molar refractivity (Wildman–Crippen MR) is 146 cm³/mol. The van der Waals surface area contributed by atoms with Crippen molar-refractivity contribution >= 4 is 50.6 Å². The van der Waals surface area contributed by atoms with Gasteiger partial charge >= 0.3 is 6.03 Å². The second kappa shape index (κ2) is 10.0. The number of nitrogens with zero attached hydrogens (tertiary/aromatic N) is 3. The molecular formula is C26H32Cl2N4O3S. The number of anilines is 2. The number of halogens is 2. The third-order valence-electron chi connectivity index (χ3n) is 8.05. The largest absolute Gasteiger partial charge is 0.369 e. The van der Waals surface area contributed by atoms with Gasteiger partial charge in [-0.2, -0.15) is 4.31 Å². The molecule has 7 nitrogen and oxygen atoms in total. The molecule has 2 amide bonds. The van der Waals surface area contributed by atoms with Gasteiger partial charge in [-0.1, -0.05) is 47.5 Å². The van der Waals surface area contributed by atoms with E-state index in [4.69, 9.17) is 23.2 Å². The van der Waals surface area contributed by atoms with Gasteiger partial charge in [-0.05, 0) is 61.3 Å². The predicted octanol–water partition coefficient (Wildman–Crippen LogP) is 4.98. The van der Waals surface area contributed by atoms with Crippen LogP contribution in [0.25, 0.3) is 0 Å². The number of rotatable bonds is 4. The van der Waals surface area contributed by atoms with Crippen LogP contribution in [0.4, 0.5) is 16.2 Å². The Hall–Kier alpha value is -2.00. The first kappa shape index (κ1) is 25.6. The normalized spacial score (nSPS) is 20.0. The van der Waals surface area contributed by atoms with E-state index in [9.17, 15) is 13.2 Å². The summed E-state index contributed by atoms with van der Waals surface area (Å²) in [6, 6.07) is 12.0. The van der Waals surface area contributed by atoms with Gasteiger partial charge in [0.25, 0.3) is 0 Å². The van der Waals surface area contributed by atoms with E-state index in [1.807, 2.05) is 0 Å². The maximum absolute atomic E-state index is 12.8. The first-order chi connectivity index (χ1) is 17.2. The average Bonchev–Trinajstić information content (AvgIpc) is 3.23. The van der Waals surface area contributed by atoms with E-state index in [0.717, 1.165) is 38.0 Å². The molecule has 0 aromatic heterocycles. The van der Waals surface area contributed by atoms with E-state index in [2.05, 4.69) is 34.5 Å². The van der Waals surface area contributed by atoms with Crippen LogP contribution in [-0.4, -0.2) is 68.7 Å². The zero-order chi connectivity index (χ0) is 25.5. The Morgan fingerprint density at radius 1 is 0.972 bits per heavy atom. The third-order valence-corrected chi connectivity index (χ3v) is 10.5. The van der Waals surface area contributed by atoms with Crippen LogP contribution < -0.4 is 10.2 Å². The molecule has 36 heavy (non-hydrogen) atoms. The van der Waals surface area contributed by atoms with Gasteiger partial charge in [0, 0.05) is 45.0 Å². The number of nitrogens with one attached hydrogen (secondary N) is 1. The SMILES string of the molecule is CCS(=O)(=O)N1CCN(C(=O)Nc2cc(Cl)c(N3CCC4(CCc5ccccc54)CC3)c(Cl)c2)CC1. The highest BCUT2D eigenvalue weighted by Crippen LogP contribution is 2.48. The quantitative estimate of drug-likeness (QED) is 0.582. The molecule has 2 aromatic carbocycles.